The molecule has 0 saturated heterocycles. The minimum absolute atomic E-state index is 0.243. The summed E-state index contributed by atoms with van der Waals surface area (Å²) in [5, 5.41) is 1.52. The first kappa shape index (κ1) is 19.2. The van der Waals surface area contributed by atoms with Gasteiger partial charge in [-0.25, -0.2) is 9.37 Å². The Morgan fingerprint density at radius 1 is 1.00 bits per heavy atom. The lowest BCUT2D eigenvalue weighted by molar-refractivity contribution is 0.628. The van der Waals surface area contributed by atoms with E-state index in [-0.39, 0.29) is 5.82 Å². The van der Waals surface area contributed by atoms with E-state index in [9.17, 15) is 8.60 Å². The van der Waals surface area contributed by atoms with Crippen molar-refractivity contribution >= 4 is 21.8 Å². The van der Waals surface area contributed by atoms with Gasteiger partial charge in [-0.05, 0) is 84.3 Å². The van der Waals surface area contributed by atoms with Crippen LogP contribution in [0.1, 0.15) is 24.8 Å². The van der Waals surface area contributed by atoms with Crippen LogP contribution < -0.4 is 0 Å². The van der Waals surface area contributed by atoms with Gasteiger partial charge < -0.3 is 4.98 Å². The van der Waals surface area contributed by atoms with Gasteiger partial charge in [0.1, 0.15) is 11.5 Å². The van der Waals surface area contributed by atoms with Crippen molar-refractivity contribution in [1.29, 1.82) is 0 Å². The molecule has 152 valence electrons. The molecule has 0 amide bonds. The summed E-state index contributed by atoms with van der Waals surface area (Å²) in [5.74, 6) is 0.569. The molecule has 1 aliphatic rings. The zero-order chi connectivity index (χ0) is 20.5. The van der Waals surface area contributed by atoms with Crippen molar-refractivity contribution in [2.75, 3.05) is 5.75 Å². The summed E-state index contributed by atoms with van der Waals surface area (Å²) < 4.78 is 25.2. The van der Waals surface area contributed by atoms with Crippen LogP contribution in [0.25, 0.3) is 33.4 Å². The third-order valence-corrected chi connectivity index (χ3v) is 7.57. The zero-order valence-corrected chi connectivity index (χ0v) is 17.4. The van der Waals surface area contributed by atoms with Gasteiger partial charge >= 0.3 is 0 Å². The Morgan fingerprint density at radius 3 is 2.47 bits per heavy atom. The summed E-state index contributed by atoms with van der Waals surface area (Å²) in [5.41, 5.74) is 6.20. The number of aryl methyl sites for hydroxylation is 1. The van der Waals surface area contributed by atoms with E-state index < -0.39 is 10.8 Å². The van der Waals surface area contributed by atoms with E-state index in [2.05, 4.69) is 40.3 Å². The van der Waals surface area contributed by atoms with Crippen LogP contribution in [0.2, 0.25) is 0 Å². The van der Waals surface area contributed by atoms with Gasteiger partial charge in [0.25, 0.3) is 0 Å². The zero-order valence-electron chi connectivity index (χ0n) is 16.6. The average Bonchev–Trinajstić information content (AvgIpc) is 3.53. The summed E-state index contributed by atoms with van der Waals surface area (Å²) in [6.07, 6.45) is 6.03. The van der Waals surface area contributed by atoms with E-state index in [0.717, 1.165) is 64.9 Å². The largest absolute Gasteiger partial charge is 0.339 e. The van der Waals surface area contributed by atoms with E-state index in [4.69, 9.17) is 0 Å². The van der Waals surface area contributed by atoms with Gasteiger partial charge in [0.15, 0.2) is 0 Å². The molecule has 0 spiro atoms. The molecule has 30 heavy (non-hydrogen) atoms. The molecule has 5 heteroatoms. The maximum Gasteiger partial charge on any atom is 0.138 e. The second-order valence-corrected chi connectivity index (χ2v) is 9.73. The van der Waals surface area contributed by atoms with Gasteiger partial charge in [0.05, 0.1) is 0 Å². The predicted octanol–water partition coefficient (Wildman–Crippen LogP) is 5.88. The van der Waals surface area contributed by atoms with Crippen molar-refractivity contribution in [3.05, 3.63) is 78.2 Å². The van der Waals surface area contributed by atoms with Crippen LogP contribution in [-0.4, -0.2) is 25.2 Å². The summed E-state index contributed by atoms with van der Waals surface area (Å²) in [4.78, 5) is 7.81. The molecule has 1 aliphatic carbocycles. The first-order valence-electron chi connectivity index (χ1n) is 10.4. The van der Waals surface area contributed by atoms with Crippen molar-refractivity contribution in [3.63, 3.8) is 0 Å². The van der Waals surface area contributed by atoms with E-state index >= 15 is 0 Å². The molecule has 5 rings (SSSR count). The number of rotatable bonds is 7. The number of aromatic amines is 1. The number of fused-ring (bicyclic) bond motifs is 1. The van der Waals surface area contributed by atoms with Crippen LogP contribution in [0, 0.1) is 5.82 Å². The van der Waals surface area contributed by atoms with Crippen molar-refractivity contribution in [2.45, 2.75) is 30.9 Å². The van der Waals surface area contributed by atoms with Crippen molar-refractivity contribution in [3.8, 4) is 22.4 Å². The van der Waals surface area contributed by atoms with Crippen molar-refractivity contribution < 1.29 is 8.60 Å². The third kappa shape index (κ3) is 4.08. The summed E-state index contributed by atoms with van der Waals surface area (Å²) in [7, 11) is -0.630. The summed E-state index contributed by atoms with van der Waals surface area (Å²) in [6, 6.07) is 19.2. The van der Waals surface area contributed by atoms with Crippen LogP contribution in [0.3, 0.4) is 0 Å². The van der Waals surface area contributed by atoms with Crippen LogP contribution in [0.4, 0.5) is 4.39 Å². The van der Waals surface area contributed by atoms with Crippen LogP contribution in [0.15, 0.2) is 66.9 Å². The normalized spacial score (nSPS) is 14.8. The maximum absolute atomic E-state index is 13.2. The first-order valence-corrected chi connectivity index (χ1v) is 11.8. The molecule has 1 atom stereocenters. The number of aromatic nitrogens is 2. The quantitative estimate of drug-likeness (QED) is 0.407. The Labute approximate surface area is 177 Å². The Balaban J connectivity index is 1.36. The topological polar surface area (TPSA) is 45.8 Å². The summed E-state index contributed by atoms with van der Waals surface area (Å²) >= 11 is 0. The Kier molecular flexibility index (Phi) is 5.21. The van der Waals surface area contributed by atoms with Gasteiger partial charge in [0.2, 0.25) is 0 Å². The van der Waals surface area contributed by atoms with E-state index in [1.54, 1.807) is 12.1 Å². The second kappa shape index (κ2) is 8.15. The number of hydrogen-bond acceptors (Lipinski definition) is 2. The number of H-pyrrole nitrogens is 1. The Bertz CT molecular complexity index is 1190. The standard InChI is InChI=1S/C25H23FN2OS/c26-20-9-7-19(8-10-20)24-16-23-22(13-14-27-25(23)28-24)18-5-3-17(4-6-18)2-1-15-30(29)21-11-12-21/h3-10,13-14,16,21H,1-2,11-12,15H2,(H,27,28). The fourth-order valence-corrected chi connectivity index (χ4v) is 5.25. The van der Waals surface area contributed by atoms with Crippen LogP contribution in [-0.2, 0) is 17.2 Å². The Morgan fingerprint density at radius 2 is 1.73 bits per heavy atom. The SMILES string of the molecule is O=S(CCCc1ccc(-c2ccnc3[nH]c(-c4ccc(F)cc4)cc23)cc1)C1CC1. The Hall–Kier alpha value is -2.79. The van der Waals surface area contributed by atoms with E-state index in [1.807, 2.05) is 12.3 Å². The molecule has 3 nitrogen and oxygen atoms in total. The van der Waals surface area contributed by atoms with Gasteiger partial charge in [-0.3, -0.25) is 4.21 Å². The number of pyridine rings is 1. The lowest BCUT2D eigenvalue weighted by Gasteiger charge is -2.06. The van der Waals surface area contributed by atoms with Crippen LogP contribution >= 0.6 is 0 Å². The molecule has 2 aromatic carbocycles. The molecule has 0 aliphatic heterocycles. The number of hydrogen-bond donors (Lipinski definition) is 1. The molecule has 1 unspecified atom stereocenters. The lowest BCUT2D eigenvalue weighted by atomic mass is 10.0. The smallest absolute Gasteiger partial charge is 0.138 e. The minimum atomic E-state index is -0.630. The van der Waals surface area contributed by atoms with Crippen LogP contribution in [0.5, 0.6) is 0 Å². The predicted molar refractivity (Wildman–Crippen MR) is 121 cm³/mol. The number of halogens is 1. The molecule has 1 saturated carbocycles. The van der Waals surface area contributed by atoms with Crippen molar-refractivity contribution in [1.82, 2.24) is 9.97 Å². The molecule has 1 N–H and O–H groups in total. The highest BCUT2D eigenvalue weighted by molar-refractivity contribution is 7.85. The summed E-state index contributed by atoms with van der Waals surface area (Å²) in [6.45, 7) is 0. The van der Waals surface area contributed by atoms with E-state index in [1.165, 1.54) is 17.7 Å². The molecule has 4 aromatic rings. The lowest BCUT2D eigenvalue weighted by Crippen LogP contribution is -2.03. The molecular weight excluding hydrogens is 395 g/mol. The maximum atomic E-state index is 13.2. The van der Waals surface area contributed by atoms with E-state index in [0.29, 0.717) is 5.25 Å². The molecular formula is C25H23FN2OS. The highest BCUT2D eigenvalue weighted by atomic mass is 32.2. The number of nitrogens with zero attached hydrogens (tertiary/aromatic N) is 1. The van der Waals surface area contributed by atoms with Gasteiger partial charge in [0, 0.05) is 39.1 Å². The monoisotopic (exact) mass is 418 g/mol. The first-order chi connectivity index (χ1) is 14.7. The molecule has 2 heterocycles. The fourth-order valence-electron chi connectivity index (χ4n) is 3.83. The van der Waals surface area contributed by atoms with Crippen molar-refractivity contribution in [2.24, 2.45) is 0 Å². The highest BCUT2D eigenvalue weighted by Gasteiger charge is 2.27. The highest BCUT2D eigenvalue weighted by Crippen LogP contribution is 2.32. The van der Waals surface area contributed by atoms with Gasteiger partial charge in [-0.15, -0.1) is 0 Å². The molecule has 0 radical (unpaired) electrons. The number of benzene rings is 2. The second-order valence-electron chi connectivity index (χ2n) is 7.90. The van der Waals surface area contributed by atoms with Gasteiger partial charge in [-0.1, -0.05) is 24.3 Å². The molecule has 1 fully saturated rings. The minimum Gasteiger partial charge on any atom is -0.339 e. The fraction of sp³-hybridized carbons (Fsp3) is 0.240. The number of nitrogens with one attached hydrogen (secondary N) is 1. The van der Waals surface area contributed by atoms with Gasteiger partial charge in [-0.2, -0.15) is 0 Å². The molecule has 2 aromatic heterocycles. The average molecular weight is 419 g/mol. The molecule has 0 bridgehead atoms. The third-order valence-electron chi connectivity index (χ3n) is 5.66.